The number of aromatic nitrogens is 6. The van der Waals surface area contributed by atoms with Gasteiger partial charge in [0.05, 0.1) is 5.41 Å². The molecule has 2 unspecified atom stereocenters. The SMILES string of the molecule is CCCCc1cn(C2CCCCCCC2CC)c(=O)n1CC1(c2cccc(-c3nnn[nH]3)c2)C=CNC=C1. The number of unbranched alkanes of at least 4 members (excludes halogenated alkanes) is 1. The third-order valence-electron chi connectivity index (χ3n) is 8.52. The van der Waals surface area contributed by atoms with E-state index in [1.807, 2.05) is 24.5 Å². The minimum Gasteiger partial charge on any atom is -0.368 e. The first-order chi connectivity index (χ1) is 18.6. The van der Waals surface area contributed by atoms with Gasteiger partial charge in [0.25, 0.3) is 0 Å². The second-order valence-corrected chi connectivity index (χ2v) is 10.9. The number of hydrogen-bond acceptors (Lipinski definition) is 5. The molecule has 3 aromatic rings. The van der Waals surface area contributed by atoms with Crippen molar-refractivity contribution in [1.82, 2.24) is 35.1 Å². The maximum absolute atomic E-state index is 14.2. The Balaban J connectivity index is 1.57. The highest BCUT2D eigenvalue weighted by molar-refractivity contribution is 5.57. The summed E-state index contributed by atoms with van der Waals surface area (Å²) in [7, 11) is 0. The molecule has 2 aliphatic rings. The number of imidazole rings is 1. The predicted molar refractivity (Wildman–Crippen MR) is 151 cm³/mol. The highest BCUT2D eigenvalue weighted by Crippen LogP contribution is 2.36. The van der Waals surface area contributed by atoms with Crippen LogP contribution in [0.4, 0.5) is 0 Å². The summed E-state index contributed by atoms with van der Waals surface area (Å²) in [6, 6.07) is 8.57. The number of nitrogens with zero attached hydrogens (tertiary/aromatic N) is 5. The number of tetrazole rings is 1. The summed E-state index contributed by atoms with van der Waals surface area (Å²) < 4.78 is 4.17. The third kappa shape index (κ3) is 5.40. The third-order valence-corrected chi connectivity index (χ3v) is 8.52. The summed E-state index contributed by atoms with van der Waals surface area (Å²) in [6.45, 7) is 5.05. The van der Waals surface area contributed by atoms with E-state index in [-0.39, 0.29) is 11.7 Å². The average molecular weight is 516 g/mol. The lowest BCUT2D eigenvalue weighted by Gasteiger charge is -2.31. The molecule has 2 N–H and O–H groups in total. The van der Waals surface area contributed by atoms with E-state index in [0.717, 1.165) is 48.9 Å². The Hall–Kier alpha value is -3.42. The first kappa shape index (κ1) is 26.2. The zero-order valence-electron chi connectivity index (χ0n) is 22.8. The number of rotatable bonds is 9. The number of aromatic amines is 1. The second kappa shape index (κ2) is 12.0. The molecule has 1 saturated carbocycles. The molecule has 3 heterocycles. The summed E-state index contributed by atoms with van der Waals surface area (Å²) in [5, 5.41) is 17.6. The van der Waals surface area contributed by atoms with Crippen molar-refractivity contribution in [3.05, 3.63) is 76.8 Å². The standard InChI is InChI=1S/C30H41N7O/c1-3-5-14-26-21-36(27-15-9-7-6-8-11-23(27)4-2)29(38)37(26)22-30(16-18-31-19-17-30)25-13-10-12-24(20-25)28-32-34-35-33-28/h10,12-13,16-21,23,27,31H,3-9,11,14-15,22H2,1-2H3,(H,32,33,34,35). The van der Waals surface area contributed by atoms with Gasteiger partial charge in [-0.2, -0.15) is 0 Å². The second-order valence-electron chi connectivity index (χ2n) is 10.9. The van der Waals surface area contributed by atoms with Gasteiger partial charge in [0, 0.05) is 30.0 Å². The summed E-state index contributed by atoms with van der Waals surface area (Å²) in [5.74, 6) is 1.19. The van der Waals surface area contributed by atoms with Gasteiger partial charge >= 0.3 is 5.69 Å². The van der Waals surface area contributed by atoms with Crippen molar-refractivity contribution in [2.75, 3.05) is 0 Å². The van der Waals surface area contributed by atoms with Crippen molar-refractivity contribution in [2.24, 2.45) is 5.92 Å². The zero-order chi connectivity index (χ0) is 26.4. The molecule has 202 valence electrons. The van der Waals surface area contributed by atoms with Gasteiger partial charge in [0.15, 0.2) is 5.82 Å². The van der Waals surface area contributed by atoms with E-state index in [1.54, 1.807) is 0 Å². The lowest BCUT2D eigenvalue weighted by Crippen LogP contribution is -2.38. The molecular formula is C30H41N7O. The normalized spacial score (nSPS) is 21.1. The van der Waals surface area contributed by atoms with Crippen molar-refractivity contribution in [3.8, 4) is 11.4 Å². The number of H-pyrrole nitrogens is 1. The lowest BCUT2D eigenvalue weighted by molar-refractivity contribution is 0.248. The van der Waals surface area contributed by atoms with Crippen LogP contribution in [0.5, 0.6) is 0 Å². The Labute approximate surface area is 225 Å². The van der Waals surface area contributed by atoms with Gasteiger partial charge in [-0.25, -0.2) is 9.89 Å². The van der Waals surface area contributed by atoms with Gasteiger partial charge in [-0.1, -0.05) is 82.7 Å². The number of aryl methyl sites for hydroxylation is 1. The fraction of sp³-hybridized carbons (Fsp3) is 0.533. The van der Waals surface area contributed by atoms with Crippen LogP contribution in [0.25, 0.3) is 11.4 Å². The van der Waals surface area contributed by atoms with Crippen LogP contribution in [0.15, 0.2) is 59.8 Å². The van der Waals surface area contributed by atoms with E-state index in [0.29, 0.717) is 18.3 Å². The van der Waals surface area contributed by atoms with Gasteiger partial charge in [-0.3, -0.25) is 9.13 Å². The molecule has 38 heavy (non-hydrogen) atoms. The number of benzene rings is 1. The van der Waals surface area contributed by atoms with Gasteiger partial charge in [0.1, 0.15) is 0 Å². The molecule has 0 radical (unpaired) electrons. The quantitative estimate of drug-likeness (QED) is 0.383. The van der Waals surface area contributed by atoms with Crippen LogP contribution in [0.1, 0.15) is 88.9 Å². The monoisotopic (exact) mass is 515 g/mol. The fourth-order valence-corrected chi connectivity index (χ4v) is 6.29. The van der Waals surface area contributed by atoms with Crippen molar-refractivity contribution in [1.29, 1.82) is 0 Å². The van der Waals surface area contributed by atoms with Crippen LogP contribution in [-0.2, 0) is 18.4 Å². The molecular weight excluding hydrogens is 474 g/mol. The Morgan fingerprint density at radius 2 is 1.89 bits per heavy atom. The molecule has 8 nitrogen and oxygen atoms in total. The van der Waals surface area contributed by atoms with E-state index in [4.69, 9.17) is 0 Å². The molecule has 1 aromatic carbocycles. The molecule has 1 aliphatic heterocycles. The van der Waals surface area contributed by atoms with Crippen LogP contribution >= 0.6 is 0 Å². The molecule has 2 aromatic heterocycles. The minimum absolute atomic E-state index is 0.135. The largest absolute Gasteiger partial charge is 0.368 e. The van der Waals surface area contributed by atoms with E-state index >= 15 is 0 Å². The van der Waals surface area contributed by atoms with Crippen LogP contribution in [0.3, 0.4) is 0 Å². The highest BCUT2D eigenvalue weighted by Gasteiger charge is 2.33. The average Bonchev–Trinajstić information content (AvgIpc) is 3.58. The number of nitrogens with one attached hydrogen (secondary N) is 2. The predicted octanol–water partition coefficient (Wildman–Crippen LogP) is 5.66. The number of hydrogen-bond donors (Lipinski definition) is 2. The van der Waals surface area contributed by atoms with E-state index in [2.05, 4.69) is 79.4 Å². The first-order valence-electron chi connectivity index (χ1n) is 14.4. The van der Waals surface area contributed by atoms with Gasteiger partial charge in [-0.15, -0.1) is 5.10 Å². The van der Waals surface area contributed by atoms with Crippen LogP contribution < -0.4 is 11.0 Å². The molecule has 0 saturated heterocycles. The topological polar surface area (TPSA) is 93.4 Å². The van der Waals surface area contributed by atoms with Gasteiger partial charge in [-0.05, 0) is 66.1 Å². The molecule has 0 spiro atoms. The Morgan fingerprint density at radius 1 is 1.08 bits per heavy atom. The Bertz CT molecular complexity index is 1290. The maximum atomic E-state index is 14.2. The summed E-state index contributed by atoms with van der Waals surface area (Å²) in [5.41, 5.74) is 2.82. The molecule has 0 amide bonds. The lowest BCUT2D eigenvalue weighted by atomic mass is 9.78. The summed E-state index contributed by atoms with van der Waals surface area (Å²) >= 11 is 0. The maximum Gasteiger partial charge on any atom is 0.328 e. The molecule has 0 bridgehead atoms. The van der Waals surface area contributed by atoms with E-state index in [1.165, 1.54) is 32.1 Å². The molecule has 2 atom stereocenters. The smallest absolute Gasteiger partial charge is 0.328 e. The minimum atomic E-state index is -0.475. The highest BCUT2D eigenvalue weighted by atomic mass is 16.1. The van der Waals surface area contributed by atoms with Crippen LogP contribution in [-0.4, -0.2) is 29.8 Å². The van der Waals surface area contributed by atoms with E-state index < -0.39 is 5.41 Å². The molecule has 8 heteroatoms. The molecule has 1 fully saturated rings. The molecule has 1 aliphatic carbocycles. The van der Waals surface area contributed by atoms with Gasteiger partial charge in [0.2, 0.25) is 0 Å². The first-order valence-corrected chi connectivity index (χ1v) is 14.4. The Kier molecular flexibility index (Phi) is 8.25. The van der Waals surface area contributed by atoms with Crippen molar-refractivity contribution < 1.29 is 0 Å². The fourth-order valence-electron chi connectivity index (χ4n) is 6.29. The van der Waals surface area contributed by atoms with Crippen molar-refractivity contribution in [2.45, 2.75) is 96.1 Å². The summed E-state index contributed by atoms with van der Waals surface area (Å²) in [4.78, 5) is 14.2. The van der Waals surface area contributed by atoms with Crippen LogP contribution in [0.2, 0.25) is 0 Å². The van der Waals surface area contributed by atoms with Crippen LogP contribution in [0, 0.1) is 5.92 Å². The Morgan fingerprint density at radius 3 is 2.63 bits per heavy atom. The molecule has 5 rings (SSSR count). The van der Waals surface area contributed by atoms with Crippen molar-refractivity contribution in [3.63, 3.8) is 0 Å². The van der Waals surface area contributed by atoms with Crippen molar-refractivity contribution >= 4 is 0 Å². The number of dihydropyridines is 1. The van der Waals surface area contributed by atoms with E-state index in [9.17, 15) is 4.79 Å². The zero-order valence-corrected chi connectivity index (χ0v) is 22.8. The number of allylic oxidation sites excluding steroid dienone is 2. The summed E-state index contributed by atoms with van der Waals surface area (Å²) in [6.07, 6.45) is 22.1. The van der Waals surface area contributed by atoms with Gasteiger partial charge < -0.3 is 5.32 Å².